The largest absolute Gasteiger partial charge is 0.467 e. The van der Waals surface area contributed by atoms with E-state index >= 15 is 0 Å². The van der Waals surface area contributed by atoms with Crippen molar-refractivity contribution in [3.8, 4) is 0 Å². The molecule has 98 valence electrons. The number of benzene rings is 1. The van der Waals surface area contributed by atoms with Gasteiger partial charge in [-0.05, 0) is 24.1 Å². The average molecular weight is 253 g/mol. The summed E-state index contributed by atoms with van der Waals surface area (Å²) < 4.78 is 17.6. The van der Waals surface area contributed by atoms with Crippen molar-refractivity contribution >= 4 is 11.9 Å². The molecule has 1 N–H and O–H groups in total. The van der Waals surface area contributed by atoms with Crippen molar-refractivity contribution in [2.45, 2.75) is 19.9 Å². The van der Waals surface area contributed by atoms with Gasteiger partial charge in [0.05, 0.1) is 7.11 Å². The molecule has 0 fully saturated rings. The maximum absolute atomic E-state index is 13.0. The van der Waals surface area contributed by atoms with Crippen LogP contribution < -0.4 is 5.32 Å². The van der Waals surface area contributed by atoms with Crippen molar-refractivity contribution in [3.05, 3.63) is 35.6 Å². The van der Waals surface area contributed by atoms with Crippen molar-refractivity contribution in [1.29, 1.82) is 0 Å². The normalized spacial score (nSPS) is 12.1. The number of rotatable bonds is 4. The second-order valence-electron chi connectivity index (χ2n) is 4.23. The predicted molar refractivity (Wildman–Crippen MR) is 64.5 cm³/mol. The van der Waals surface area contributed by atoms with Gasteiger partial charge in [0, 0.05) is 5.56 Å². The molecule has 1 atom stereocenters. The first-order valence-electron chi connectivity index (χ1n) is 5.60. The van der Waals surface area contributed by atoms with Gasteiger partial charge in [0.2, 0.25) is 0 Å². The van der Waals surface area contributed by atoms with Crippen molar-refractivity contribution in [3.63, 3.8) is 0 Å². The monoisotopic (exact) mass is 253 g/mol. The van der Waals surface area contributed by atoms with Crippen molar-refractivity contribution < 1.29 is 18.7 Å². The van der Waals surface area contributed by atoms with E-state index in [1.807, 2.05) is 0 Å². The molecule has 1 unspecified atom stereocenters. The Kier molecular flexibility index (Phi) is 4.83. The summed E-state index contributed by atoms with van der Waals surface area (Å²) in [5.41, 5.74) is 0.171. The van der Waals surface area contributed by atoms with Gasteiger partial charge in [0.25, 0.3) is 5.91 Å². The minimum atomic E-state index is -0.745. The Morgan fingerprint density at radius 2 is 2.00 bits per heavy atom. The molecule has 0 aliphatic carbocycles. The Morgan fingerprint density at radius 3 is 2.50 bits per heavy atom. The maximum atomic E-state index is 13.0. The Hall–Kier alpha value is -1.91. The third-order valence-corrected chi connectivity index (χ3v) is 2.50. The van der Waals surface area contributed by atoms with E-state index in [0.717, 1.165) is 6.07 Å². The van der Waals surface area contributed by atoms with Crippen LogP contribution in [0, 0.1) is 11.7 Å². The molecule has 1 aromatic rings. The predicted octanol–water partition coefficient (Wildman–Crippen LogP) is 1.75. The molecule has 1 amide bonds. The lowest BCUT2D eigenvalue weighted by Crippen LogP contribution is -2.45. The molecule has 0 aliphatic heterocycles. The molecule has 0 radical (unpaired) electrons. The van der Waals surface area contributed by atoms with Crippen molar-refractivity contribution in [2.75, 3.05) is 7.11 Å². The van der Waals surface area contributed by atoms with Gasteiger partial charge in [-0.1, -0.05) is 19.9 Å². The quantitative estimate of drug-likeness (QED) is 0.832. The Balaban J connectivity index is 2.82. The standard InChI is InChI=1S/C13H16FNO3/c1-8(2)11(13(17)18-3)15-12(16)9-5-4-6-10(14)7-9/h4-8,11H,1-3H3,(H,15,16). The summed E-state index contributed by atoms with van der Waals surface area (Å²) in [6.45, 7) is 3.57. The lowest BCUT2D eigenvalue weighted by molar-refractivity contribution is -0.144. The smallest absolute Gasteiger partial charge is 0.328 e. The first-order chi connectivity index (χ1) is 8.45. The highest BCUT2D eigenvalue weighted by Crippen LogP contribution is 2.07. The van der Waals surface area contributed by atoms with Crippen LogP contribution in [0.1, 0.15) is 24.2 Å². The lowest BCUT2D eigenvalue weighted by Gasteiger charge is -2.19. The van der Waals surface area contributed by atoms with E-state index in [2.05, 4.69) is 10.1 Å². The zero-order valence-electron chi connectivity index (χ0n) is 10.6. The number of nitrogens with one attached hydrogen (secondary N) is 1. The van der Waals surface area contributed by atoms with Crippen molar-refractivity contribution in [1.82, 2.24) is 5.32 Å². The third-order valence-electron chi connectivity index (χ3n) is 2.50. The minimum Gasteiger partial charge on any atom is -0.467 e. The number of halogens is 1. The van der Waals surface area contributed by atoms with E-state index < -0.39 is 23.7 Å². The van der Waals surface area contributed by atoms with Crippen LogP contribution in [-0.2, 0) is 9.53 Å². The highest BCUT2D eigenvalue weighted by molar-refractivity contribution is 5.96. The van der Waals surface area contributed by atoms with Gasteiger partial charge in [-0.2, -0.15) is 0 Å². The zero-order valence-corrected chi connectivity index (χ0v) is 10.6. The topological polar surface area (TPSA) is 55.4 Å². The van der Waals surface area contributed by atoms with Crippen LogP contribution in [0.2, 0.25) is 0 Å². The van der Waals surface area contributed by atoms with E-state index in [9.17, 15) is 14.0 Å². The molecule has 0 aromatic heterocycles. The number of carbonyl (C=O) groups is 2. The fourth-order valence-corrected chi connectivity index (χ4v) is 1.48. The van der Waals surface area contributed by atoms with Crippen LogP contribution in [0.5, 0.6) is 0 Å². The lowest BCUT2D eigenvalue weighted by atomic mass is 10.0. The van der Waals surface area contributed by atoms with E-state index in [-0.39, 0.29) is 11.5 Å². The maximum Gasteiger partial charge on any atom is 0.328 e. The zero-order chi connectivity index (χ0) is 13.7. The van der Waals surface area contributed by atoms with Gasteiger partial charge in [-0.25, -0.2) is 9.18 Å². The van der Waals surface area contributed by atoms with Gasteiger partial charge in [-0.15, -0.1) is 0 Å². The summed E-state index contributed by atoms with van der Waals surface area (Å²) >= 11 is 0. The summed E-state index contributed by atoms with van der Waals surface area (Å²) in [5, 5.41) is 2.53. The molecule has 0 bridgehead atoms. The summed E-state index contributed by atoms with van der Waals surface area (Å²) in [5.74, 6) is -1.63. The number of hydrogen-bond acceptors (Lipinski definition) is 3. The molecular weight excluding hydrogens is 237 g/mol. The molecule has 1 rings (SSSR count). The highest BCUT2D eigenvalue weighted by atomic mass is 19.1. The van der Waals surface area contributed by atoms with E-state index in [1.54, 1.807) is 13.8 Å². The molecule has 5 heteroatoms. The number of esters is 1. The summed E-state index contributed by atoms with van der Waals surface area (Å²) in [4.78, 5) is 23.3. The number of carbonyl (C=O) groups excluding carboxylic acids is 2. The Bertz CT molecular complexity index is 446. The van der Waals surface area contributed by atoms with Crippen LogP contribution in [0.25, 0.3) is 0 Å². The molecule has 0 saturated heterocycles. The Morgan fingerprint density at radius 1 is 1.33 bits per heavy atom. The van der Waals surface area contributed by atoms with Crippen LogP contribution in [0.15, 0.2) is 24.3 Å². The van der Waals surface area contributed by atoms with Gasteiger partial charge in [0.15, 0.2) is 0 Å². The second-order valence-corrected chi connectivity index (χ2v) is 4.23. The molecule has 1 aromatic carbocycles. The van der Waals surface area contributed by atoms with E-state index in [0.29, 0.717) is 0 Å². The average Bonchev–Trinajstić information content (AvgIpc) is 2.34. The fourth-order valence-electron chi connectivity index (χ4n) is 1.48. The van der Waals surface area contributed by atoms with E-state index in [4.69, 9.17) is 0 Å². The fraction of sp³-hybridized carbons (Fsp3) is 0.385. The number of hydrogen-bond donors (Lipinski definition) is 1. The summed E-state index contributed by atoms with van der Waals surface area (Å²) in [7, 11) is 1.26. The molecular formula is C13H16FNO3. The highest BCUT2D eigenvalue weighted by Gasteiger charge is 2.25. The van der Waals surface area contributed by atoms with Crippen molar-refractivity contribution in [2.24, 2.45) is 5.92 Å². The van der Waals surface area contributed by atoms with Gasteiger partial charge < -0.3 is 10.1 Å². The number of amides is 1. The van der Waals surface area contributed by atoms with E-state index in [1.165, 1.54) is 25.3 Å². The molecule has 4 nitrogen and oxygen atoms in total. The van der Waals surface area contributed by atoms with Gasteiger partial charge in [-0.3, -0.25) is 4.79 Å². The number of ether oxygens (including phenoxy) is 1. The molecule has 18 heavy (non-hydrogen) atoms. The summed E-state index contributed by atoms with van der Waals surface area (Å²) in [6.07, 6.45) is 0. The Labute approximate surface area is 105 Å². The second kappa shape index (κ2) is 6.14. The first-order valence-corrected chi connectivity index (χ1v) is 5.60. The summed E-state index contributed by atoms with van der Waals surface area (Å²) in [6, 6.07) is 4.53. The first kappa shape index (κ1) is 14.2. The SMILES string of the molecule is COC(=O)C(NC(=O)c1cccc(F)c1)C(C)C. The third kappa shape index (κ3) is 3.55. The molecule has 0 aliphatic rings. The minimum absolute atomic E-state index is 0.116. The van der Waals surface area contributed by atoms with Crippen LogP contribution in [0.3, 0.4) is 0 Å². The number of methoxy groups -OCH3 is 1. The van der Waals surface area contributed by atoms with Gasteiger partial charge in [0.1, 0.15) is 11.9 Å². The molecule has 0 heterocycles. The van der Waals surface area contributed by atoms with Crippen LogP contribution in [-0.4, -0.2) is 25.0 Å². The molecule has 0 spiro atoms. The van der Waals surface area contributed by atoms with Crippen LogP contribution in [0.4, 0.5) is 4.39 Å². The molecule has 0 saturated carbocycles. The van der Waals surface area contributed by atoms with Gasteiger partial charge >= 0.3 is 5.97 Å². The van der Waals surface area contributed by atoms with Crippen LogP contribution >= 0.6 is 0 Å².